The number of carboxylic acid groups (broad SMARTS) is 2. The second kappa shape index (κ2) is 13.1. The summed E-state index contributed by atoms with van der Waals surface area (Å²) in [5, 5.41) is 22.2. The van der Waals surface area contributed by atoms with Gasteiger partial charge in [-0.25, -0.2) is 9.59 Å². The van der Waals surface area contributed by atoms with Gasteiger partial charge >= 0.3 is 11.9 Å². The number of benzene rings is 3. The van der Waals surface area contributed by atoms with Gasteiger partial charge in [0.15, 0.2) is 0 Å². The first-order chi connectivity index (χ1) is 18.3. The second-order valence-corrected chi connectivity index (χ2v) is 11.0. The van der Waals surface area contributed by atoms with Crippen molar-refractivity contribution < 1.29 is 29.4 Å². The van der Waals surface area contributed by atoms with Crippen molar-refractivity contribution in [1.29, 1.82) is 0 Å². The Balaban J connectivity index is 1.81. The van der Waals surface area contributed by atoms with E-state index in [1.54, 1.807) is 31.2 Å². The average Bonchev–Trinajstić information content (AvgIpc) is 2.88. The smallest absolute Gasteiger partial charge is 0.338 e. The number of halogens is 5. The molecule has 0 heterocycles. The van der Waals surface area contributed by atoms with Crippen molar-refractivity contribution in [3.63, 3.8) is 0 Å². The third-order valence-corrected chi connectivity index (χ3v) is 8.70. The van der Waals surface area contributed by atoms with Gasteiger partial charge in [-0.2, -0.15) is 0 Å². The molecule has 0 fully saturated rings. The van der Waals surface area contributed by atoms with E-state index in [9.17, 15) is 29.4 Å². The summed E-state index contributed by atoms with van der Waals surface area (Å²) >= 11 is 31.2. The number of hydrogen-bond acceptors (Lipinski definition) is 5. The summed E-state index contributed by atoms with van der Waals surface area (Å²) in [6.07, 6.45) is 0.422. The highest BCUT2D eigenvalue weighted by Gasteiger charge is 2.29. The van der Waals surface area contributed by atoms with Gasteiger partial charge < -0.3 is 20.8 Å². The van der Waals surface area contributed by atoms with Crippen LogP contribution in [0.25, 0.3) is 0 Å². The molecule has 0 aromatic heterocycles. The Labute approximate surface area is 251 Å². The van der Waals surface area contributed by atoms with Crippen molar-refractivity contribution in [2.24, 2.45) is 0 Å². The molecule has 4 N–H and O–H groups in total. The molecule has 0 aliphatic rings. The first kappa shape index (κ1) is 30.9. The number of rotatable bonds is 9. The maximum Gasteiger partial charge on any atom is 0.338 e. The van der Waals surface area contributed by atoms with E-state index >= 15 is 0 Å². The third kappa shape index (κ3) is 7.11. The van der Waals surface area contributed by atoms with Crippen LogP contribution in [0, 0.1) is 0 Å². The van der Waals surface area contributed by atoms with Gasteiger partial charge in [0.05, 0.1) is 47.1 Å². The van der Waals surface area contributed by atoms with Gasteiger partial charge in [-0.3, -0.25) is 9.59 Å². The average molecular weight is 651 g/mol. The highest BCUT2D eigenvalue weighted by atomic mass is 35.5. The fourth-order valence-corrected chi connectivity index (χ4v) is 5.59. The van der Waals surface area contributed by atoms with Gasteiger partial charge in [-0.15, -0.1) is 11.8 Å². The van der Waals surface area contributed by atoms with Crippen LogP contribution in [0.4, 0.5) is 11.4 Å². The maximum absolute atomic E-state index is 13.0. The Morgan fingerprint density at radius 1 is 0.795 bits per heavy atom. The zero-order valence-electron chi connectivity index (χ0n) is 19.7. The summed E-state index contributed by atoms with van der Waals surface area (Å²) in [7, 11) is 0. The van der Waals surface area contributed by atoms with Crippen molar-refractivity contribution in [1.82, 2.24) is 0 Å². The predicted octanol–water partition coefficient (Wildman–Crippen LogP) is 8.11. The lowest BCUT2D eigenvalue weighted by atomic mass is 10.1. The lowest BCUT2D eigenvalue weighted by Gasteiger charge is -2.16. The number of hydrogen-bond donors (Lipinski definition) is 4. The molecule has 204 valence electrons. The van der Waals surface area contributed by atoms with Crippen LogP contribution in [0.3, 0.4) is 0 Å². The number of carbonyl (C=O) groups is 4. The van der Waals surface area contributed by atoms with E-state index in [0.29, 0.717) is 11.3 Å². The van der Waals surface area contributed by atoms with Crippen LogP contribution in [0.1, 0.15) is 44.4 Å². The van der Waals surface area contributed by atoms with Crippen molar-refractivity contribution in [3.05, 3.63) is 84.3 Å². The highest BCUT2D eigenvalue weighted by molar-refractivity contribution is 8.00. The SMILES string of the molecule is CCC(Sc1cccc(NC(=O)c2c(Cl)c(Cl)c(Cl)c(Cl)c2C(=O)O)c1)C(=O)Nc1ccc(Cl)c(C(=O)O)c1. The van der Waals surface area contributed by atoms with E-state index in [0.717, 1.165) is 0 Å². The summed E-state index contributed by atoms with van der Waals surface area (Å²) in [5.74, 6) is -4.01. The quantitative estimate of drug-likeness (QED) is 0.104. The van der Waals surface area contributed by atoms with Crippen LogP contribution in [0.5, 0.6) is 0 Å². The molecule has 3 rings (SSSR count). The zero-order chi connectivity index (χ0) is 29.0. The number of amides is 2. The molecule has 1 unspecified atom stereocenters. The minimum Gasteiger partial charge on any atom is -0.478 e. The van der Waals surface area contributed by atoms with Gasteiger partial charge in [0.25, 0.3) is 5.91 Å². The Hall–Kier alpha value is -2.66. The lowest BCUT2D eigenvalue weighted by molar-refractivity contribution is -0.115. The molecule has 0 saturated heterocycles. The summed E-state index contributed by atoms with van der Waals surface area (Å²) in [5.41, 5.74) is -0.661. The molecule has 3 aromatic carbocycles. The minimum atomic E-state index is -1.53. The number of thioether (sulfide) groups is 1. The van der Waals surface area contributed by atoms with Crippen molar-refractivity contribution in [2.45, 2.75) is 23.5 Å². The third-order valence-electron chi connectivity index (χ3n) is 5.21. The van der Waals surface area contributed by atoms with Crippen LogP contribution in [0.2, 0.25) is 25.1 Å². The molecular weight excluding hydrogens is 634 g/mol. The molecule has 0 bridgehead atoms. The Morgan fingerprint density at radius 2 is 1.41 bits per heavy atom. The molecule has 8 nitrogen and oxygen atoms in total. The molecule has 3 aromatic rings. The second-order valence-electron chi connectivity index (χ2n) is 7.80. The van der Waals surface area contributed by atoms with Gasteiger partial charge in [0.1, 0.15) is 0 Å². The molecule has 0 spiro atoms. The molecule has 39 heavy (non-hydrogen) atoms. The Morgan fingerprint density at radius 3 is 2.00 bits per heavy atom. The van der Waals surface area contributed by atoms with Crippen molar-refractivity contribution in [3.8, 4) is 0 Å². The van der Waals surface area contributed by atoms with E-state index < -0.39 is 39.2 Å². The van der Waals surface area contributed by atoms with Gasteiger partial charge in [-0.05, 0) is 42.8 Å². The molecule has 14 heteroatoms. The number of anilines is 2. The summed E-state index contributed by atoms with van der Waals surface area (Å²) < 4.78 is 0. The van der Waals surface area contributed by atoms with Gasteiger partial charge in [0, 0.05) is 16.3 Å². The lowest BCUT2D eigenvalue weighted by Crippen LogP contribution is -2.24. The molecule has 0 aliphatic carbocycles. The fourth-order valence-electron chi connectivity index (χ4n) is 3.36. The molecule has 0 saturated carbocycles. The molecule has 1 atom stereocenters. The van der Waals surface area contributed by atoms with Gasteiger partial charge in [0.2, 0.25) is 5.91 Å². The number of carbonyl (C=O) groups excluding carboxylic acids is 2. The van der Waals surface area contributed by atoms with E-state index in [2.05, 4.69) is 10.6 Å². The zero-order valence-corrected chi connectivity index (χ0v) is 24.2. The topological polar surface area (TPSA) is 133 Å². The van der Waals surface area contributed by atoms with Crippen LogP contribution < -0.4 is 10.6 Å². The van der Waals surface area contributed by atoms with Crippen LogP contribution >= 0.6 is 69.8 Å². The first-order valence-corrected chi connectivity index (χ1v) is 13.6. The summed E-state index contributed by atoms with van der Waals surface area (Å²) in [6.45, 7) is 1.80. The summed E-state index contributed by atoms with van der Waals surface area (Å²) in [4.78, 5) is 49.7. The summed E-state index contributed by atoms with van der Waals surface area (Å²) in [6, 6.07) is 10.6. The van der Waals surface area contributed by atoms with E-state index in [-0.39, 0.29) is 42.9 Å². The Kier molecular flexibility index (Phi) is 10.4. The largest absolute Gasteiger partial charge is 0.478 e. The van der Waals surface area contributed by atoms with E-state index in [1.807, 2.05) is 0 Å². The molecule has 2 amide bonds. The van der Waals surface area contributed by atoms with Crippen molar-refractivity contribution in [2.75, 3.05) is 10.6 Å². The maximum atomic E-state index is 13.0. The first-order valence-electron chi connectivity index (χ1n) is 10.9. The van der Waals surface area contributed by atoms with Crippen LogP contribution in [-0.4, -0.2) is 39.2 Å². The molecule has 0 aliphatic heterocycles. The number of nitrogens with one attached hydrogen (secondary N) is 2. The van der Waals surface area contributed by atoms with Crippen LogP contribution in [-0.2, 0) is 4.79 Å². The fraction of sp³-hybridized carbons (Fsp3) is 0.120. The minimum absolute atomic E-state index is 0.0423. The normalized spacial score (nSPS) is 11.5. The van der Waals surface area contributed by atoms with Gasteiger partial charge in [-0.1, -0.05) is 71.0 Å². The number of carboxylic acids is 2. The molecule has 0 radical (unpaired) electrons. The molecular formula is C25H17Cl5N2O6S. The number of aromatic carboxylic acids is 2. The van der Waals surface area contributed by atoms with Crippen LogP contribution in [0.15, 0.2) is 47.4 Å². The highest BCUT2D eigenvalue weighted by Crippen LogP contribution is 2.42. The standard InChI is InChI=1S/C25H17Cl5N2O6S/c1-2-15(22(33)31-11-6-7-14(26)13(9-11)24(35)36)39-12-5-3-4-10(8-12)32-23(34)16-17(25(37)38)19(28)21(30)20(29)18(16)27/h3-9,15H,2H2,1H3,(H,31,33)(H,32,34)(H,35,36)(H,37,38). The monoisotopic (exact) mass is 648 g/mol. The Bertz CT molecular complexity index is 1500. The van der Waals surface area contributed by atoms with E-state index in [1.165, 1.54) is 30.0 Å². The van der Waals surface area contributed by atoms with Crippen molar-refractivity contribution >= 4 is 105 Å². The predicted molar refractivity (Wildman–Crippen MR) is 155 cm³/mol. The van der Waals surface area contributed by atoms with E-state index in [4.69, 9.17) is 58.0 Å².